The molecule has 2 atom stereocenters. The topological polar surface area (TPSA) is 93.1 Å². The number of nitrogens with zero attached hydrogens (tertiary/aromatic N) is 5. The van der Waals surface area contributed by atoms with E-state index in [4.69, 9.17) is 9.72 Å². The Hall–Kier alpha value is -3.62. The third-order valence-electron chi connectivity index (χ3n) is 6.88. The molecule has 0 aliphatic carbocycles. The minimum atomic E-state index is -2.17. The first-order valence-corrected chi connectivity index (χ1v) is 11.4. The average Bonchev–Trinajstić information content (AvgIpc) is 3.26. The first kappa shape index (κ1) is 22.2. The summed E-state index contributed by atoms with van der Waals surface area (Å²) in [5, 5.41) is 3.59. The largest absolute Gasteiger partial charge is 0.481 e. The summed E-state index contributed by atoms with van der Waals surface area (Å²) in [6.07, 6.45) is 7.27. The van der Waals surface area contributed by atoms with Crippen molar-refractivity contribution in [3.63, 3.8) is 0 Å². The molecular weight excluding hydrogens is 435 g/mol. The summed E-state index contributed by atoms with van der Waals surface area (Å²) >= 11 is 0. The maximum Gasteiger partial charge on any atom is 0.264 e. The van der Waals surface area contributed by atoms with Gasteiger partial charge in [0.25, 0.3) is 5.91 Å². The number of aryl methyl sites for hydroxylation is 2. The number of amides is 1. The van der Waals surface area contributed by atoms with Crippen LogP contribution >= 0.6 is 0 Å². The van der Waals surface area contributed by atoms with Crippen molar-refractivity contribution in [3.8, 4) is 17.3 Å². The van der Waals surface area contributed by atoms with E-state index in [2.05, 4.69) is 26.3 Å². The Balaban J connectivity index is 1.35. The predicted molar refractivity (Wildman–Crippen MR) is 125 cm³/mol. The second-order valence-corrected chi connectivity index (χ2v) is 9.17. The Morgan fingerprint density at radius 2 is 2.00 bits per heavy atom. The number of alkyl halides is 1. The van der Waals surface area contributed by atoms with Crippen molar-refractivity contribution in [2.24, 2.45) is 0 Å². The van der Waals surface area contributed by atoms with Gasteiger partial charge in [0.1, 0.15) is 5.82 Å². The second-order valence-electron chi connectivity index (χ2n) is 9.17. The Morgan fingerprint density at radius 3 is 2.76 bits per heavy atom. The van der Waals surface area contributed by atoms with Crippen LogP contribution in [0, 0.1) is 6.92 Å². The number of anilines is 1. The molecular formula is C25H27FN6O2. The summed E-state index contributed by atoms with van der Waals surface area (Å²) < 4.78 is 20.8. The average molecular weight is 463 g/mol. The van der Waals surface area contributed by atoms with Gasteiger partial charge in [0.05, 0.1) is 18.3 Å². The molecule has 5 heterocycles. The van der Waals surface area contributed by atoms with E-state index < -0.39 is 11.6 Å². The number of methoxy groups -OCH3 is 1. The highest BCUT2D eigenvalue weighted by Crippen LogP contribution is 2.39. The number of carbonyl (C=O) groups is 1. The quantitative estimate of drug-likeness (QED) is 0.635. The summed E-state index contributed by atoms with van der Waals surface area (Å²) in [6.45, 7) is 4.16. The number of ether oxygens (including phenoxy) is 1. The molecule has 0 bridgehead atoms. The molecule has 5 rings (SSSR count). The molecule has 3 aromatic heterocycles. The van der Waals surface area contributed by atoms with Gasteiger partial charge in [0.15, 0.2) is 5.82 Å². The molecule has 176 valence electrons. The van der Waals surface area contributed by atoms with Crippen LogP contribution in [0.2, 0.25) is 0 Å². The van der Waals surface area contributed by atoms with Crippen molar-refractivity contribution in [1.82, 2.24) is 24.8 Å². The fourth-order valence-corrected chi connectivity index (χ4v) is 4.88. The van der Waals surface area contributed by atoms with Crippen LogP contribution in [0.3, 0.4) is 0 Å². The molecule has 3 aromatic rings. The van der Waals surface area contributed by atoms with Gasteiger partial charge >= 0.3 is 0 Å². The van der Waals surface area contributed by atoms with E-state index in [-0.39, 0.29) is 17.0 Å². The maximum atomic E-state index is 15.7. The van der Waals surface area contributed by atoms with Crippen LogP contribution in [0.15, 0.2) is 42.9 Å². The van der Waals surface area contributed by atoms with Crippen molar-refractivity contribution < 1.29 is 13.9 Å². The van der Waals surface area contributed by atoms with Crippen molar-refractivity contribution in [3.05, 3.63) is 59.7 Å². The Labute approximate surface area is 197 Å². The molecule has 2 aliphatic rings. The summed E-state index contributed by atoms with van der Waals surface area (Å²) in [5.41, 5.74) is 0.597. The number of pyridine rings is 2. The zero-order valence-electron chi connectivity index (χ0n) is 19.5. The van der Waals surface area contributed by atoms with Crippen LogP contribution in [-0.4, -0.2) is 56.5 Å². The molecule has 0 saturated carbocycles. The molecule has 1 saturated heterocycles. The normalized spacial score (nSPS) is 21.0. The maximum absolute atomic E-state index is 15.7. The number of hydrogen-bond donors (Lipinski definition) is 1. The minimum absolute atomic E-state index is 0.236. The van der Waals surface area contributed by atoms with Gasteiger partial charge in [-0.1, -0.05) is 0 Å². The van der Waals surface area contributed by atoms with Gasteiger partial charge in [-0.2, -0.15) is 0 Å². The molecule has 0 aromatic carbocycles. The lowest BCUT2D eigenvalue weighted by Crippen LogP contribution is -2.48. The number of hydrogen-bond acceptors (Lipinski definition) is 7. The number of likely N-dealkylation sites (tertiary alicyclic amines) is 1. The Kier molecular flexibility index (Phi) is 5.42. The second kappa shape index (κ2) is 8.30. The lowest BCUT2D eigenvalue weighted by Gasteiger charge is -2.37. The lowest BCUT2D eigenvalue weighted by molar-refractivity contribution is -0.142. The number of rotatable bonds is 4. The molecule has 2 aliphatic heterocycles. The van der Waals surface area contributed by atoms with Crippen molar-refractivity contribution in [2.75, 3.05) is 25.5 Å². The smallest absolute Gasteiger partial charge is 0.264 e. The third kappa shape index (κ3) is 3.85. The minimum Gasteiger partial charge on any atom is -0.481 e. The van der Waals surface area contributed by atoms with E-state index in [1.165, 1.54) is 32.4 Å². The molecule has 0 radical (unpaired) electrons. The van der Waals surface area contributed by atoms with E-state index in [0.717, 1.165) is 41.9 Å². The molecule has 9 heteroatoms. The monoisotopic (exact) mass is 462 g/mol. The van der Waals surface area contributed by atoms with Gasteiger partial charge in [0.2, 0.25) is 11.5 Å². The number of fused-ring (bicyclic) bond motifs is 1. The summed E-state index contributed by atoms with van der Waals surface area (Å²) in [7, 11) is 1.46. The standard InChI is InChI=1S/C25H27FN6O2/c1-16-19(22-28-9-4-10-29-22)13-17-5-7-25(31-21(17)30-16)8-12-32(15-25)23(33)24(2,26)18-6-11-27-20(14-18)34-3/h4,6,9-11,13-14H,5,7-8,12,15H2,1-3H3,(H,30,31)/t24-,25-/m0/s1. The highest BCUT2D eigenvalue weighted by Gasteiger charge is 2.47. The SMILES string of the molecule is COc1cc([C@](C)(F)C(=O)N2CC[C@@]3(CCc4cc(-c5ncccn5)c(C)nc4N3)C2)ccn1. The van der Waals surface area contributed by atoms with Crippen LogP contribution in [0.25, 0.3) is 11.4 Å². The predicted octanol–water partition coefficient (Wildman–Crippen LogP) is 3.46. The molecule has 1 amide bonds. The van der Waals surface area contributed by atoms with Gasteiger partial charge in [0, 0.05) is 48.9 Å². The molecule has 1 N–H and O–H groups in total. The van der Waals surface area contributed by atoms with Gasteiger partial charge in [-0.25, -0.2) is 24.3 Å². The van der Waals surface area contributed by atoms with Gasteiger partial charge in [-0.05, 0) is 56.9 Å². The third-order valence-corrected chi connectivity index (χ3v) is 6.88. The van der Waals surface area contributed by atoms with Crippen LogP contribution in [0.4, 0.5) is 10.2 Å². The lowest BCUT2D eigenvalue weighted by atomic mass is 9.86. The van der Waals surface area contributed by atoms with E-state index in [0.29, 0.717) is 18.9 Å². The Morgan fingerprint density at radius 1 is 1.21 bits per heavy atom. The summed E-state index contributed by atoms with van der Waals surface area (Å²) in [4.78, 5) is 32.4. The molecule has 1 spiro atoms. The highest BCUT2D eigenvalue weighted by molar-refractivity contribution is 5.86. The van der Waals surface area contributed by atoms with Gasteiger partial charge in [-0.15, -0.1) is 0 Å². The number of halogens is 1. The van der Waals surface area contributed by atoms with E-state index >= 15 is 4.39 Å². The first-order chi connectivity index (χ1) is 16.3. The van der Waals surface area contributed by atoms with Gasteiger partial charge < -0.3 is 15.0 Å². The fraction of sp³-hybridized carbons (Fsp3) is 0.400. The fourth-order valence-electron chi connectivity index (χ4n) is 4.88. The van der Waals surface area contributed by atoms with E-state index in [9.17, 15) is 4.79 Å². The number of nitrogens with one attached hydrogen (secondary N) is 1. The van der Waals surface area contributed by atoms with Gasteiger partial charge in [-0.3, -0.25) is 4.79 Å². The van der Waals surface area contributed by atoms with Crippen LogP contribution in [0.1, 0.15) is 36.6 Å². The van der Waals surface area contributed by atoms with Crippen LogP contribution in [0.5, 0.6) is 5.88 Å². The highest BCUT2D eigenvalue weighted by atomic mass is 19.1. The zero-order valence-corrected chi connectivity index (χ0v) is 19.5. The molecule has 34 heavy (non-hydrogen) atoms. The molecule has 1 fully saturated rings. The number of carbonyl (C=O) groups excluding carboxylic acids is 1. The number of aromatic nitrogens is 4. The van der Waals surface area contributed by atoms with E-state index in [1.807, 2.05) is 6.92 Å². The van der Waals surface area contributed by atoms with Crippen molar-refractivity contribution >= 4 is 11.7 Å². The van der Waals surface area contributed by atoms with Crippen LogP contribution in [-0.2, 0) is 16.9 Å². The van der Waals surface area contributed by atoms with E-state index in [1.54, 1.807) is 23.4 Å². The van der Waals surface area contributed by atoms with Crippen LogP contribution < -0.4 is 10.1 Å². The molecule has 8 nitrogen and oxygen atoms in total. The first-order valence-electron chi connectivity index (χ1n) is 11.4. The van der Waals surface area contributed by atoms with Crippen molar-refractivity contribution in [1.29, 1.82) is 0 Å². The Bertz CT molecular complexity index is 1240. The summed E-state index contributed by atoms with van der Waals surface area (Å²) in [5.74, 6) is 1.20. The summed E-state index contributed by atoms with van der Waals surface area (Å²) in [6, 6.07) is 6.87. The zero-order chi connectivity index (χ0) is 23.9. The molecule has 0 unspecified atom stereocenters. The van der Waals surface area contributed by atoms with Crippen molar-refractivity contribution in [2.45, 2.75) is 44.3 Å².